The highest BCUT2D eigenvalue weighted by Gasteiger charge is 2.51. The van der Waals surface area contributed by atoms with Gasteiger partial charge in [0.25, 0.3) is 0 Å². The van der Waals surface area contributed by atoms with Gasteiger partial charge in [-0.3, -0.25) is 4.79 Å². The highest BCUT2D eigenvalue weighted by Crippen LogP contribution is 2.48. The number of nitrogens with one attached hydrogen (secondary N) is 2. The average Bonchev–Trinajstić information content (AvgIpc) is 3.52. The molecule has 1 saturated carbocycles. The van der Waals surface area contributed by atoms with Crippen LogP contribution in [0, 0.1) is 6.92 Å². The van der Waals surface area contributed by atoms with Crippen molar-refractivity contribution in [1.82, 2.24) is 10.5 Å². The highest BCUT2D eigenvalue weighted by molar-refractivity contribution is 5.94. The SMILES string of the molecule is Cc1noc(-c2ccc(-c3ccc(C4(C(=O)O)CC4)cc3)cc2)c1NC(=O)NCC(F)(F)F. The van der Waals surface area contributed by atoms with Gasteiger partial charge in [0.2, 0.25) is 0 Å². The van der Waals surface area contributed by atoms with Crippen LogP contribution in [-0.2, 0) is 10.2 Å². The molecular formula is C23H20F3N3O4. The molecule has 4 rings (SSSR count). The summed E-state index contributed by atoms with van der Waals surface area (Å²) >= 11 is 0. The van der Waals surface area contributed by atoms with E-state index in [-0.39, 0.29) is 11.4 Å². The third-order valence-electron chi connectivity index (χ3n) is 5.63. The Morgan fingerprint density at radius 3 is 2.09 bits per heavy atom. The van der Waals surface area contributed by atoms with Crippen LogP contribution in [0.25, 0.3) is 22.5 Å². The number of rotatable bonds is 6. The molecule has 0 aliphatic heterocycles. The minimum Gasteiger partial charge on any atom is -0.481 e. The van der Waals surface area contributed by atoms with E-state index in [4.69, 9.17) is 4.52 Å². The smallest absolute Gasteiger partial charge is 0.405 e. The second-order valence-electron chi connectivity index (χ2n) is 7.94. The molecule has 2 aromatic carbocycles. The van der Waals surface area contributed by atoms with E-state index in [1.807, 2.05) is 36.4 Å². The van der Waals surface area contributed by atoms with Crippen LogP contribution in [0.1, 0.15) is 24.1 Å². The molecule has 0 spiro atoms. The number of anilines is 1. The lowest BCUT2D eigenvalue weighted by Crippen LogP contribution is -2.36. The maximum absolute atomic E-state index is 12.3. The first kappa shape index (κ1) is 22.4. The third kappa shape index (κ3) is 4.69. The number of halogens is 3. The molecule has 1 fully saturated rings. The van der Waals surface area contributed by atoms with Gasteiger partial charge in [0.05, 0.1) is 5.41 Å². The van der Waals surface area contributed by atoms with Gasteiger partial charge in [-0.25, -0.2) is 4.79 Å². The van der Waals surface area contributed by atoms with Gasteiger partial charge in [-0.05, 0) is 36.5 Å². The van der Waals surface area contributed by atoms with Gasteiger partial charge in [0, 0.05) is 5.56 Å². The number of carbonyl (C=O) groups is 2. The molecule has 0 atom stereocenters. The van der Waals surface area contributed by atoms with Gasteiger partial charge < -0.3 is 20.3 Å². The Kier molecular flexibility index (Phi) is 5.61. The van der Waals surface area contributed by atoms with Crippen LogP contribution in [0.5, 0.6) is 0 Å². The van der Waals surface area contributed by atoms with Gasteiger partial charge in [-0.2, -0.15) is 13.2 Å². The molecule has 3 N–H and O–H groups in total. The van der Waals surface area contributed by atoms with Crippen LogP contribution in [0.4, 0.5) is 23.7 Å². The zero-order chi connectivity index (χ0) is 23.8. The topological polar surface area (TPSA) is 104 Å². The number of aliphatic carboxylic acids is 1. The fourth-order valence-corrected chi connectivity index (χ4v) is 3.60. The second-order valence-corrected chi connectivity index (χ2v) is 7.94. The number of hydrogen-bond donors (Lipinski definition) is 3. The molecule has 3 aromatic rings. The number of nitrogens with zero attached hydrogens (tertiary/aromatic N) is 1. The molecule has 2 amide bonds. The second kappa shape index (κ2) is 8.27. The summed E-state index contributed by atoms with van der Waals surface area (Å²) in [5, 5.41) is 17.3. The van der Waals surface area contributed by atoms with Crippen molar-refractivity contribution in [3.05, 3.63) is 59.8 Å². The van der Waals surface area contributed by atoms with Crippen LogP contribution >= 0.6 is 0 Å². The molecule has 1 aliphatic rings. The summed E-state index contributed by atoms with van der Waals surface area (Å²) in [5.74, 6) is -0.591. The van der Waals surface area contributed by atoms with Gasteiger partial charge >= 0.3 is 18.2 Å². The van der Waals surface area contributed by atoms with Crippen molar-refractivity contribution in [1.29, 1.82) is 0 Å². The van der Waals surface area contributed by atoms with Crippen molar-refractivity contribution in [3.63, 3.8) is 0 Å². The fraction of sp³-hybridized carbons (Fsp3) is 0.261. The van der Waals surface area contributed by atoms with Crippen LogP contribution in [0.15, 0.2) is 53.1 Å². The van der Waals surface area contributed by atoms with Gasteiger partial charge in [0.15, 0.2) is 5.76 Å². The normalized spacial score (nSPS) is 14.5. The monoisotopic (exact) mass is 459 g/mol. The zero-order valence-corrected chi connectivity index (χ0v) is 17.5. The molecule has 0 radical (unpaired) electrons. The average molecular weight is 459 g/mol. The zero-order valence-electron chi connectivity index (χ0n) is 17.5. The van der Waals surface area contributed by atoms with Crippen molar-refractivity contribution in [2.24, 2.45) is 0 Å². The Balaban J connectivity index is 1.50. The maximum Gasteiger partial charge on any atom is 0.405 e. The number of urea groups is 1. The number of aromatic nitrogens is 1. The molecule has 1 aromatic heterocycles. The molecule has 1 aliphatic carbocycles. The number of amides is 2. The lowest BCUT2D eigenvalue weighted by molar-refractivity contribution is -0.140. The summed E-state index contributed by atoms with van der Waals surface area (Å²) in [6.45, 7) is 0.103. The van der Waals surface area contributed by atoms with Gasteiger partial charge in [-0.15, -0.1) is 0 Å². The van der Waals surface area contributed by atoms with Crippen LogP contribution < -0.4 is 10.6 Å². The Hall–Kier alpha value is -3.82. The van der Waals surface area contributed by atoms with E-state index in [0.717, 1.165) is 16.7 Å². The van der Waals surface area contributed by atoms with E-state index < -0.39 is 30.1 Å². The maximum atomic E-state index is 12.3. The number of benzene rings is 2. The third-order valence-corrected chi connectivity index (χ3v) is 5.63. The van der Waals surface area contributed by atoms with Crippen molar-refractivity contribution in [2.75, 3.05) is 11.9 Å². The summed E-state index contributed by atoms with van der Waals surface area (Å²) in [7, 11) is 0. The quantitative estimate of drug-likeness (QED) is 0.475. The molecule has 0 bridgehead atoms. The molecular weight excluding hydrogens is 439 g/mol. The standard InChI is InChI=1S/C23H20F3N3O4/c1-13-18(28-21(32)27-12-23(24,25)26)19(33-29-13)16-4-2-14(3-5-16)15-6-8-17(9-7-15)22(10-11-22)20(30)31/h2-9H,10-12H2,1H3,(H,30,31)(H2,27,28,32). The minimum absolute atomic E-state index is 0.176. The van der Waals surface area contributed by atoms with Crippen molar-refractivity contribution < 1.29 is 32.4 Å². The fourth-order valence-electron chi connectivity index (χ4n) is 3.60. The van der Waals surface area contributed by atoms with E-state index >= 15 is 0 Å². The number of carboxylic acids is 1. The largest absolute Gasteiger partial charge is 0.481 e. The first-order chi connectivity index (χ1) is 15.6. The van der Waals surface area contributed by atoms with Crippen LogP contribution in [0.3, 0.4) is 0 Å². The van der Waals surface area contributed by atoms with E-state index in [2.05, 4.69) is 10.5 Å². The summed E-state index contributed by atoms with van der Waals surface area (Å²) in [4.78, 5) is 23.3. The Bertz CT molecular complexity index is 1180. The van der Waals surface area contributed by atoms with Gasteiger partial charge in [0.1, 0.15) is 17.9 Å². The van der Waals surface area contributed by atoms with Crippen molar-refractivity contribution in [3.8, 4) is 22.5 Å². The highest BCUT2D eigenvalue weighted by atomic mass is 19.4. The molecule has 172 valence electrons. The summed E-state index contributed by atoms with van der Waals surface area (Å²) < 4.78 is 42.2. The lowest BCUT2D eigenvalue weighted by Gasteiger charge is -2.11. The molecule has 1 heterocycles. The minimum atomic E-state index is -4.52. The lowest BCUT2D eigenvalue weighted by atomic mass is 9.93. The van der Waals surface area contributed by atoms with Crippen molar-refractivity contribution in [2.45, 2.75) is 31.4 Å². The first-order valence-electron chi connectivity index (χ1n) is 10.1. The predicted molar refractivity (Wildman–Crippen MR) is 114 cm³/mol. The van der Waals surface area contributed by atoms with Crippen LogP contribution in [0.2, 0.25) is 0 Å². The summed E-state index contributed by atoms with van der Waals surface area (Å²) in [6.07, 6.45) is -3.25. The first-order valence-corrected chi connectivity index (χ1v) is 10.1. The molecule has 33 heavy (non-hydrogen) atoms. The van der Waals surface area contributed by atoms with E-state index in [9.17, 15) is 27.9 Å². The summed E-state index contributed by atoms with van der Waals surface area (Å²) in [6, 6.07) is 13.5. The van der Waals surface area contributed by atoms with E-state index in [1.54, 1.807) is 24.4 Å². The number of carbonyl (C=O) groups excluding carboxylic acids is 1. The summed E-state index contributed by atoms with van der Waals surface area (Å²) in [5.41, 5.74) is 2.86. The molecule has 10 heteroatoms. The molecule has 0 saturated heterocycles. The number of hydrogen-bond acceptors (Lipinski definition) is 4. The van der Waals surface area contributed by atoms with Crippen LogP contribution in [-0.4, -0.2) is 35.0 Å². The Morgan fingerprint density at radius 1 is 1.03 bits per heavy atom. The Morgan fingerprint density at radius 2 is 1.58 bits per heavy atom. The number of alkyl halides is 3. The Labute approximate surface area is 186 Å². The predicted octanol–water partition coefficient (Wildman–Crippen LogP) is 5.12. The van der Waals surface area contributed by atoms with Crippen molar-refractivity contribution >= 4 is 17.7 Å². The van der Waals surface area contributed by atoms with Gasteiger partial charge in [-0.1, -0.05) is 53.7 Å². The number of aryl methyl sites for hydroxylation is 1. The van der Waals surface area contributed by atoms with E-state index in [1.165, 1.54) is 0 Å². The number of carboxylic acid groups (broad SMARTS) is 1. The van der Waals surface area contributed by atoms with E-state index in [0.29, 0.717) is 24.1 Å². The molecule has 7 nitrogen and oxygen atoms in total. The molecule has 0 unspecified atom stereocenters.